The molecule has 0 aliphatic carbocycles. The van der Waals surface area contributed by atoms with Crippen molar-refractivity contribution in [1.29, 1.82) is 0 Å². The third-order valence-corrected chi connectivity index (χ3v) is 7.37. The number of ketones is 1. The minimum atomic E-state index is -3.69. The van der Waals surface area contributed by atoms with E-state index < -0.39 is 10.0 Å². The fourth-order valence-corrected chi connectivity index (χ4v) is 4.96. The van der Waals surface area contributed by atoms with Gasteiger partial charge in [-0.2, -0.15) is 4.31 Å². The molecular formula is C22H26N2O4S. The van der Waals surface area contributed by atoms with Gasteiger partial charge in [-0.25, -0.2) is 8.42 Å². The van der Waals surface area contributed by atoms with Crippen molar-refractivity contribution in [2.75, 3.05) is 18.4 Å². The lowest BCUT2D eigenvalue weighted by molar-refractivity contribution is -0.120. The summed E-state index contributed by atoms with van der Waals surface area (Å²) in [7, 11) is -3.69. The lowest BCUT2D eigenvalue weighted by Gasteiger charge is -2.30. The summed E-state index contributed by atoms with van der Waals surface area (Å²) in [5.74, 6) is -0.487. The summed E-state index contributed by atoms with van der Waals surface area (Å²) in [5, 5.41) is 2.94. The number of aryl methyl sites for hydroxylation is 2. The quantitative estimate of drug-likeness (QED) is 0.759. The zero-order valence-corrected chi connectivity index (χ0v) is 17.8. The zero-order chi connectivity index (χ0) is 21.2. The Kier molecular flexibility index (Phi) is 6.19. The van der Waals surface area contributed by atoms with Crippen LogP contribution in [0.4, 0.5) is 5.69 Å². The SMILES string of the molecule is CC(=O)c1cccc(S(=O)(=O)N2CCC(C(=O)Nc3ccc(C)c(C)c3)CC2)c1. The van der Waals surface area contributed by atoms with Crippen LogP contribution in [0.3, 0.4) is 0 Å². The van der Waals surface area contributed by atoms with Gasteiger partial charge in [0.15, 0.2) is 5.78 Å². The summed E-state index contributed by atoms with van der Waals surface area (Å²) >= 11 is 0. The van der Waals surface area contributed by atoms with Crippen LogP contribution < -0.4 is 5.32 Å². The maximum absolute atomic E-state index is 12.9. The Morgan fingerprint density at radius 3 is 2.31 bits per heavy atom. The van der Waals surface area contributed by atoms with Gasteiger partial charge in [-0.1, -0.05) is 18.2 Å². The van der Waals surface area contributed by atoms with Crippen LogP contribution in [0.2, 0.25) is 0 Å². The van der Waals surface area contributed by atoms with E-state index in [-0.39, 0.29) is 35.6 Å². The third kappa shape index (κ3) is 4.74. The molecule has 2 aromatic rings. The highest BCUT2D eigenvalue weighted by Gasteiger charge is 2.32. The van der Waals surface area contributed by atoms with E-state index in [2.05, 4.69) is 5.32 Å². The van der Waals surface area contributed by atoms with E-state index in [1.165, 1.54) is 23.4 Å². The number of carbonyl (C=O) groups is 2. The molecule has 0 saturated carbocycles. The monoisotopic (exact) mass is 414 g/mol. The number of piperidine rings is 1. The highest BCUT2D eigenvalue weighted by molar-refractivity contribution is 7.89. The first-order valence-corrected chi connectivity index (χ1v) is 11.1. The van der Waals surface area contributed by atoms with Crippen molar-refractivity contribution < 1.29 is 18.0 Å². The fourth-order valence-electron chi connectivity index (χ4n) is 3.45. The number of sulfonamides is 1. The van der Waals surface area contributed by atoms with Gasteiger partial charge in [0.25, 0.3) is 0 Å². The molecule has 3 rings (SSSR count). The number of hydrogen-bond acceptors (Lipinski definition) is 4. The average molecular weight is 415 g/mol. The number of benzene rings is 2. The fraction of sp³-hybridized carbons (Fsp3) is 0.364. The Balaban J connectivity index is 1.65. The summed E-state index contributed by atoms with van der Waals surface area (Å²) in [6.45, 7) is 5.97. The number of Topliss-reactive ketones (excluding diaryl/α,β-unsaturated/α-hetero) is 1. The first-order valence-electron chi connectivity index (χ1n) is 9.68. The van der Waals surface area contributed by atoms with Crippen molar-refractivity contribution in [3.05, 3.63) is 59.2 Å². The largest absolute Gasteiger partial charge is 0.326 e. The average Bonchev–Trinajstić information content (AvgIpc) is 2.71. The molecule has 1 saturated heterocycles. The second-order valence-electron chi connectivity index (χ2n) is 7.55. The van der Waals surface area contributed by atoms with Gasteiger partial charge in [-0.3, -0.25) is 9.59 Å². The first kappa shape index (κ1) is 21.2. The van der Waals surface area contributed by atoms with Gasteiger partial charge in [0.2, 0.25) is 15.9 Å². The van der Waals surface area contributed by atoms with Crippen LogP contribution in [-0.2, 0) is 14.8 Å². The number of nitrogens with zero attached hydrogens (tertiary/aromatic N) is 1. The predicted octanol–water partition coefficient (Wildman–Crippen LogP) is 3.55. The predicted molar refractivity (Wildman–Crippen MR) is 112 cm³/mol. The molecule has 0 spiro atoms. The number of carbonyl (C=O) groups excluding carboxylic acids is 2. The zero-order valence-electron chi connectivity index (χ0n) is 16.9. The Hall–Kier alpha value is -2.51. The lowest BCUT2D eigenvalue weighted by atomic mass is 9.97. The number of rotatable bonds is 5. The second-order valence-corrected chi connectivity index (χ2v) is 9.49. The number of amides is 1. The smallest absolute Gasteiger partial charge is 0.243 e. The lowest BCUT2D eigenvalue weighted by Crippen LogP contribution is -2.41. The molecule has 0 aromatic heterocycles. The van der Waals surface area contributed by atoms with Crippen molar-refractivity contribution in [2.45, 2.75) is 38.5 Å². The van der Waals surface area contributed by atoms with Gasteiger partial charge < -0.3 is 5.32 Å². The molecule has 0 unspecified atom stereocenters. The summed E-state index contributed by atoms with van der Waals surface area (Å²) < 4.78 is 27.2. The Morgan fingerprint density at radius 1 is 1.00 bits per heavy atom. The molecule has 7 heteroatoms. The van der Waals surface area contributed by atoms with Crippen LogP contribution >= 0.6 is 0 Å². The molecule has 6 nitrogen and oxygen atoms in total. The van der Waals surface area contributed by atoms with Crippen molar-refractivity contribution in [3.8, 4) is 0 Å². The third-order valence-electron chi connectivity index (χ3n) is 5.48. The Labute approximate surface area is 172 Å². The molecule has 0 bridgehead atoms. The van der Waals surface area contributed by atoms with Crippen LogP contribution in [0.1, 0.15) is 41.3 Å². The molecule has 29 heavy (non-hydrogen) atoms. The van der Waals surface area contributed by atoms with Gasteiger partial charge >= 0.3 is 0 Å². The van der Waals surface area contributed by atoms with E-state index >= 15 is 0 Å². The van der Waals surface area contributed by atoms with Gasteiger partial charge in [-0.05, 0) is 69.0 Å². The molecule has 1 fully saturated rings. The maximum Gasteiger partial charge on any atom is 0.243 e. The highest BCUT2D eigenvalue weighted by atomic mass is 32.2. The number of hydrogen-bond donors (Lipinski definition) is 1. The molecule has 2 aromatic carbocycles. The van der Waals surface area contributed by atoms with E-state index in [0.29, 0.717) is 18.4 Å². The van der Waals surface area contributed by atoms with Gasteiger partial charge in [0.1, 0.15) is 0 Å². The van der Waals surface area contributed by atoms with Crippen molar-refractivity contribution in [2.24, 2.45) is 5.92 Å². The standard InChI is InChI=1S/C22H26N2O4S/c1-15-7-8-20(13-16(15)2)23-22(26)18-9-11-24(12-10-18)29(27,28)21-6-4-5-19(14-21)17(3)25/h4-8,13-14,18H,9-12H2,1-3H3,(H,23,26). The Bertz CT molecular complexity index is 1040. The molecule has 1 amide bonds. The van der Waals surface area contributed by atoms with Crippen LogP contribution in [-0.4, -0.2) is 37.5 Å². The van der Waals surface area contributed by atoms with Crippen LogP contribution in [0.15, 0.2) is 47.4 Å². The number of nitrogens with one attached hydrogen (secondary N) is 1. The van der Waals surface area contributed by atoms with E-state index in [1.54, 1.807) is 12.1 Å². The van der Waals surface area contributed by atoms with Gasteiger partial charge in [0, 0.05) is 30.3 Å². The maximum atomic E-state index is 12.9. The van der Waals surface area contributed by atoms with E-state index in [4.69, 9.17) is 0 Å². The minimum Gasteiger partial charge on any atom is -0.326 e. The summed E-state index contributed by atoms with van der Waals surface area (Å²) in [4.78, 5) is 24.3. The van der Waals surface area contributed by atoms with Crippen molar-refractivity contribution >= 4 is 27.4 Å². The second kappa shape index (κ2) is 8.47. The first-order chi connectivity index (χ1) is 13.7. The topological polar surface area (TPSA) is 83.6 Å². The molecule has 154 valence electrons. The summed E-state index contributed by atoms with van der Waals surface area (Å²) in [5.41, 5.74) is 3.40. The van der Waals surface area contributed by atoms with Crippen LogP contribution in [0.25, 0.3) is 0 Å². The van der Waals surface area contributed by atoms with Crippen LogP contribution in [0.5, 0.6) is 0 Å². The van der Waals surface area contributed by atoms with Gasteiger partial charge in [0.05, 0.1) is 4.90 Å². The molecule has 1 N–H and O–H groups in total. The highest BCUT2D eigenvalue weighted by Crippen LogP contribution is 2.26. The molecule has 0 atom stereocenters. The summed E-state index contributed by atoms with van der Waals surface area (Å²) in [6.07, 6.45) is 0.921. The summed E-state index contributed by atoms with van der Waals surface area (Å²) in [6, 6.07) is 11.9. The molecular weight excluding hydrogens is 388 g/mol. The molecule has 1 heterocycles. The Morgan fingerprint density at radius 2 is 1.69 bits per heavy atom. The van der Waals surface area contributed by atoms with E-state index in [1.807, 2.05) is 32.0 Å². The molecule has 1 aliphatic rings. The van der Waals surface area contributed by atoms with E-state index in [9.17, 15) is 18.0 Å². The van der Waals surface area contributed by atoms with Crippen LogP contribution in [0, 0.1) is 19.8 Å². The van der Waals surface area contributed by atoms with E-state index in [0.717, 1.165) is 16.8 Å². The number of anilines is 1. The normalized spacial score (nSPS) is 15.8. The van der Waals surface area contributed by atoms with Crippen molar-refractivity contribution in [1.82, 2.24) is 4.31 Å². The van der Waals surface area contributed by atoms with Crippen molar-refractivity contribution in [3.63, 3.8) is 0 Å². The van der Waals surface area contributed by atoms with Gasteiger partial charge in [-0.15, -0.1) is 0 Å². The minimum absolute atomic E-state index is 0.0797. The molecule has 1 aliphatic heterocycles. The molecule has 0 radical (unpaired) electrons.